The largest absolute Gasteiger partial charge is 0.497 e. The van der Waals surface area contributed by atoms with Crippen molar-refractivity contribution in [3.8, 4) is 5.75 Å². The molecule has 0 spiro atoms. The summed E-state index contributed by atoms with van der Waals surface area (Å²) in [5.41, 5.74) is 1.00. The quantitative estimate of drug-likeness (QED) is 0.896. The van der Waals surface area contributed by atoms with Crippen LogP contribution >= 0.6 is 12.4 Å². The molecule has 1 aliphatic rings. The third-order valence-corrected chi connectivity index (χ3v) is 3.77. The van der Waals surface area contributed by atoms with Crippen LogP contribution in [0.15, 0.2) is 24.3 Å². The summed E-state index contributed by atoms with van der Waals surface area (Å²) < 4.78 is 10.9. The molecule has 2 rings (SSSR count). The normalized spacial score (nSPS) is 19.2. The molecule has 1 amide bonds. The maximum absolute atomic E-state index is 12.4. The predicted octanol–water partition coefficient (Wildman–Crippen LogP) is 1.84. The topological polar surface area (TPSA) is 50.8 Å². The second-order valence-electron chi connectivity index (χ2n) is 5.39. The Labute approximate surface area is 138 Å². The minimum Gasteiger partial charge on any atom is -0.497 e. The van der Waals surface area contributed by atoms with Gasteiger partial charge >= 0.3 is 0 Å². The van der Waals surface area contributed by atoms with E-state index in [1.807, 2.05) is 36.1 Å². The van der Waals surface area contributed by atoms with Crippen molar-refractivity contribution in [2.24, 2.45) is 0 Å². The second-order valence-corrected chi connectivity index (χ2v) is 5.39. The summed E-state index contributed by atoms with van der Waals surface area (Å²) >= 11 is 0. The standard InChI is InChI=1S/C16H24N2O3.ClH/c1-12-10-17-7-8-18(12)16(19)13(2)21-11-14-5-4-6-15(9-14)20-3;/h4-6,9,12-13,17H,7-8,10-11H2,1-3H3;1H/t12-,13?;/m1./s1. The number of hydrogen-bond acceptors (Lipinski definition) is 4. The number of rotatable bonds is 5. The summed E-state index contributed by atoms with van der Waals surface area (Å²) in [7, 11) is 1.64. The molecule has 1 saturated heterocycles. The Balaban J connectivity index is 0.00000242. The number of piperazine rings is 1. The van der Waals surface area contributed by atoms with Gasteiger partial charge in [0, 0.05) is 25.7 Å². The summed E-state index contributed by atoms with van der Waals surface area (Å²) in [4.78, 5) is 14.3. The summed E-state index contributed by atoms with van der Waals surface area (Å²) in [6, 6.07) is 7.91. The van der Waals surface area contributed by atoms with E-state index in [2.05, 4.69) is 12.2 Å². The first-order valence-electron chi connectivity index (χ1n) is 7.37. The van der Waals surface area contributed by atoms with Crippen LogP contribution in [-0.2, 0) is 16.1 Å². The van der Waals surface area contributed by atoms with Crippen LogP contribution in [-0.4, -0.2) is 49.7 Å². The van der Waals surface area contributed by atoms with Gasteiger partial charge in [-0.15, -0.1) is 12.4 Å². The third kappa shape index (κ3) is 4.87. The first-order valence-corrected chi connectivity index (χ1v) is 7.37. The van der Waals surface area contributed by atoms with Crippen LogP contribution in [0.4, 0.5) is 0 Å². The van der Waals surface area contributed by atoms with Crippen molar-refractivity contribution in [2.45, 2.75) is 32.6 Å². The highest BCUT2D eigenvalue weighted by atomic mass is 35.5. The molecule has 1 fully saturated rings. The van der Waals surface area contributed by atoms with Crippen LogP contribution in [0.3, 0.4) is 0 Å². The molecule has 1 unspecified atom stereocenters. The van der Waals surface area contributed by atoms with Gasteiger partial charge in [0.05, 0.1) is 13.7 Å². The molecule has 0 bridgehead atoms. The van der Waals surface area contributed by atoms with E-state index in [1.54, 1.807) is 7.11 Å². The number of ether oxygens (including phenoxy) is 2. The number of carbonyl (C=O) groups is 1. The van der Waals surface area contributed by atoms with E-state index in [9.17, 15) is 4.79 Å². The first-order chi connectivity index (χ1) is 10.1. The zero-order chi connectivity index (χ0) is 15.2. The number of carbonyl (C=O) groups excluding carboxylic acids is 1. The molecule has 124 valence electrons. The third-order valence-electron chi connectivity index (χ3n) is 3.77. The average molecular weight is 329 g/mol. The molecule has 1 aromatic carbocycles. The molecule has 1 aromatic rings. The summed E-state index contributed by atoms with van der Waals surface area (Å²) in [6.45, 7) is 6.71. The molecule has 0 aromatic heterocycles. The molecule has 1 N–H and O–H groups in total. The van der Waals surface area contributed by atoms with E-state index in [0.717, 1.165) is 30.9 Å². The van der Waals surface area contributed by atoms with Crippen molar-refractivity contribution in [3.63, 3.8) is 0 Å². The summed E-state index contributed by atoms with van der Waals surface area (Å²) in [5, 5.41) is 3.28. The van der Waals surface area contributed by atoms with Gasteiger partial charge < -0.3 is 19.7 Å². The number of nitrogens with zero attached hydrogens (tertiary/aromatic N) is 1. The second kappa shape index (κ2) is 8.98. The van der Waals surface area contributed by atoms with Crippen molar-refractivity contribution in [1.82, 2.24) is 10.2 Å². The molecular weight excluding hydrogens is 304 g/mol. The van der Waals surface area contributed by atoms with Gasteiger partial charge in [-0.05, 0) is 31.5 Å². The van der Waals surface area contributed by atoms with Gasteiger partial charge in [0.2, 0.25) is 0 Å². The fourth-order valence-electron chi connectivity index (χ4n) is 2.46. The number of hydrogen-bond donors (Lipinski definition) is 1. The van der Waals surface area contributed by atoms with E-state index >= 15 is 0 Å². The highest BCUT2D eigenvalue weighted by Crippen LogP contribution is 2.15. The van der Waals surface area contributed by atoms with Gasteiger partial charge in [0.1, 0.15) is 11.9 Å². The summed E-state index contributed by atoms with van der Waals surface area (Å²) in [5.74, 6) is 0.859. The van der Waals surface area contributed by atoms with Gasteiger partial charge in [-0.3, -0.25) is 4.79 Å². The Morgan fingerprint density at radius 3 is 2.95 bits per heavy atom. The maximum atomic E-state index is 12.4. The molecule has 2 atom stereocenters. The minimum atomic E-state index is -0.434. The zero-order valence-corrected chi connectivity index (χ0v) is 14.2. The van der Waals surface area contributed by atoms with Crippen molar-refractivity contribution in [3.05, 3.63) is 29.8 Å². The highest BCUT2D eigenvalue weighted by Gasteiger charge is 2.27. The highest BCUT2D eigenvalue weighted by molar-refractivity contribution is 5.85. The predicted molar refractivity (Wildman–Crippen MR) is 88.5 cm³/mol. The molecule has 1 heterocycles. The lowest BCUT2D eigenvalue weighted by molar-refractivity contribution is -0.146. The van der Waals surface area contributed by atoms with Gasteiger partial charge in [0.15, 0.2) is 0 Å². The molecule has 5 nitrogen and oxygen atoms in total. The molecule has 6 heteroatoms. The SMILES string of the molecule is COc1cccc(COC(C)C(=O)N2CCNC[C@H]2C)c1.Cl. The number of amides is 1. The minimum absolute atomic E-state index is 0. The lowest BCUT2D eigenvalue weighted by Gasteiger charge is -2.35. The van der Waals surface area contributed by atoms with Gasteiger partial charge in [-0.25, -0.2) is 0 Å². The van der Waals surface area contributed by atoms with Crippen molar-refractivity contribution in [2.75, 3.05) is 26.7 Å². The Bertz CT molecular complexity index is 484. The van der Waals surface area contributed by atoms with Crippen LogP contribution in [0.2, 0.25) is 0 Å². The van der Waals surface area contributed by atoms with Gasteiger partial charge in [-0.1, -0.05) is 12.1 Å². The Morgan fingerprint density at radius 1 is 1.50 bits per heavy atom. The number of methoxy groups -OCH3 is 1. The maximum Gasteiger partial charge on any atom is 0.251 e. The molecular formula is C16H25ClN2O3. The van der Waals surface area contributed by atoms with E-state index in [1.165, 1.54) is 0 Å². The smallest absolute Gasteiger partial charge is 0.251 e. The Kier molecular flexibility index (Phi) is 7.65. The van der Waals surface area contributed by atoms with E-state index in [-0.39, 0.29) is 24.4 Å². The Morgan fingerprint density at radius 2 is 2.27 bits per heavy atom. The fraction of sp³-hybridized carbons (Fsp3) is 0.562. The van der Waals surface area contributed by atoms with Crippen LogP contribution < -0.4 is 10.1 Å². The molecule has 0 aliphatic carbocycles. The van der Waals surface area contributed by atoms with Crippen LogP contribution in [0.1, 0.15) is 19.4 Å². The fourth-order valence-corrected chi connectivity index (χ4v) is 2.46. The van der Waals surface area contributed by atoms with Crippen molar-refractivity contribution < 1.29 is 14.3 Å². The number of halogens is 1. The van der Waals surface area contributed by atoms with Crippen LogP contribution in [0.5, 0.6) is 5.75 Å². The van der Waals surface area contributed by atoms with E-state index < -0.39 is 6.10 Å². The zero-order valence-electron chi connectivity index (χ0n) is 13.4. The lowest BCUT2D eigenvalue weighted by Crippen LogP contribution is -2.54. The van der Waals surface area contributed by atoms with Gasteiger partial charge in [-0.2, -0.15) is 0 Å². The molecule has 0 radical (unpaired) electrons. The molecule has 0 saturated carbocycles. The van der Waals surface area contributed by atoms with E-state index in [4.69, 9.17) is 9.47 Å². The number of nitrogens with one attached hydrogen (secondary N) is 1. The average Bonchev–Trinajstić information content (AvgIpc) is 2.52. The first kappa shape index (κ1) is 18.7. The van der Waals surface area contributed by atoms with Crippen LogP contribution in [0, 0.1) is 0 Å². The monoisotopic (exact) mass is 328 g/mol. The van der Waals surface area contributed by atoms with Crippen LogP contribution in [0.25, 0.3) is 0 Å². The molecule has 1 aliphatic heterocycles. The van der Waals surface area contributed by atoms with Crippen molar-refractivity contribution in [1.29, 1.82) is 0 Å². The number of benzene rings is 1. The molecule has 22 heavy (non-hydrogen) atoms. The lowest BCUT2D eigenvalue weighted by atomic mass is 10.2. The van der Waals surface area contributed by atoms with E-state index in [0.29, 0.717) is 6.61 Å². The summed E-state index contributed by atoms with van der Waals surface area (Å²) in [6.07, 6.45) is -0.434. The van der Waals surface area contributed by atoms with Crippen molar-refractivity contribution >= 4 is 18.3 Å². The Hall–Kier alpha value is -1.30. The van der Waals surface area contributed by atoms with Gasteiger partial charge in [0.25, 0.3) is 5.91 Å².